The molecule has 0 unspecified atom stereocenters. The van der Waals surface area contributed by atoms with Gasteiger partial charge in [-0.3, -0.25) is 24.0 Å². The number of H-pyrrole nitrogens is 1. The molecule has 3 heterocycles. The minimum atomic E-state index is -1.19. The van der Waals surface area contributed by atoms with Crippen LogP contribution in [0.2, 0.25) is 0 Å². The van der Waals surface area contributed by atoms with Crippen LogP contribution in [0.4, 0.5) is 0 Å². The molecule has 4 atom stereocenters. The molecule has 1 fully saturated rings. The zero-order valence-electron chi connectivity index (χ0n) is 32.4. The van der Waals surface area contributed by atoms with E-state index >= 15 is 0 Å². The van der Waals surface area contributed by atoms with E-state index in [1.807, 2.05) is 84.9 Å². The SMILES string of the molecule is NCCCC[C@H](NC(=O)[C@H](Cc1ccccc1)NC(=O)[C@@H](Cc1c[nH]c2ccccc12)NC(=O)[C@@H](Cc1cc2ccccc2s1)NC(=O)C1(N)CCNCC1)C(N)=O. The topological polar surface area (TPSA) is 239 Å². The molecule has 0 radical (unpaired) electrons. The molecule has 0 bridgehead atoms. The summed E-state index contributed by atoms with van der Waals surface area (Å²) in [7, 11) is 0. The number of amides is 5. The number of carbonyl (C=O) groups is 5. The van der Waals surface area contributed by atoms with Crippen molar-refractivity contribution in [3.05, 3.63) is 107 Å². The lowest BCUT2D eigenvalue weighted by Crippen LogP contribution is -2.63. The number of piperidine rings is 1. The average molecular weight is 808 g/mol. The van der Waals surface area contributed by atoms with Gasteiger partial charge in [0.05, 0.1) is 5.54 Å². The number of fused-ring (bicyclic) bond motifs is 2. The van der Waals surface area contributed by atoms with Gasteiger partial charge in [0, 0.05) is 45.9 Å². The Bertz CT molecular complexity index is 2170. The molecule has 2 aromatic heterocycles. The number of thiophene rings is 1. The van der Waals surface area contributed by atoms with E-state index in [4.69, 9.17) is 17.2 Å². The minimum absolute atomic E-state index is 0.0559. The Hall–Kier alpha value is -5.61. The van der Waals surface area contributed by atoms with Crippen molar-refractivity contribution in [1.82, 2.24) is 31.6 Å². The number of para-hydroxylation sites is 1. The van der Waals surface area contributed by atoms with Crippen LogP contribution in [0.3, 0.4) is 0 Å². The summed E-state index contributed by atoms with van der Waals surface area (Å²) in [6, 6.07) is 22.2. The summed E-state index contributed by atoms with van der Waals surface area (Å²) in [6.45, 7) is 1.56. The molecule has 1 aliphatic heterocycles. The second-order valence-electron chi connectivity index (χ2n) is 15.0. The number of rotatable bonds is 19. The van der Waals surface area contributed by atoms with Crippen LogP contribution in [0.5, 0.6) is 0 Å². The lowest BCUT2D eigenvalue weighted by atomic mass is 9.88. The molecule has 15 heteroatoms. The first-order chi connectivity index (χ1) is 28.0. The predicted octanol–water partition coefficient (Wildman–Crippen LogP) is 2.04. The van der Waals surface area contributed by atoms with E-state index < -0.39 is 59.2 Å². The van der Waals surface area contributed by atoms with Crippen LogP contribution >= 0.6 is 11.3 Å². The van der Waals surface area contributed by atoms with Crippen LogP contribution < -0.4 is 43.8 Å². The van der Waals surface area contributed by atoms with Gasteiger partial charge >= 0.3 is 0 Å². The lowest BCUT2D eigenvalue weighted by molar-refractivity contribution is -0.135. The van der Waals surface area contributed by atoms with E-state index in [0.717, 1.165) is 37.0 Å². The van der Waals surface area contributed by atoms with Crippen molar-refractivity contribution in [1.29, 1.82) is 0 Å². The van der Waals surface area contributed by atoms with Gasteiger partial charge in [-0.15, -0.1) is 11.3 Å². The highest BCUT2D eigenvalue weighted by molar-refractivity contribution is 7.19. The van der Waals surface area contributed by atoms with Gasteiger partial charge < -0.3 is 48.8 Å². The summed E-state index contributed by atoms with van der Waals surface area (Å²) in [5, 5.41) is 16.6. The highest BCUT2D eigenvalue weighted by Gasteiger charge is 2.38. The zero-order chi connectivity index (χ0) is 41.1. The summed E-state index contributed by atoms with van der Waals surface area (Å²) in [5.74, 6) is -2.95. The fourth-order valence-electron chi connectivity index (χ4n) is 7.33. The summed E-state index contributed by atoms with van der Waals surface area (Å²) < 4.78 is 1.04. The Balaban J connectivity index is 1.30. The van der Waals surface area contributed by atoms with Crippen molar-refractivity contribution in [2.24, 2.45) is 17.2 Å². The lowest BCUT2D eigenvalue weighted by Gasteiger charge is -2.34. The zero-order valence-corrected chi connectivity index (χ0v) is 33.2. The number of carbonyl (C=O) groups excluding carboxylic acids is 5. The maximum Gasteiger partial charge on any atom is 0.243 e. The van der Waals surface area contributed by atoms with Crippen LogP contribution in [0.15, 0.2) is 91.1 Å². The van der Waals surface area contributed by atoms with E-state index in [9.17, 15) is 24.0 Å². The van der Waals surface area contributed by atoms with E-state index in [-0.39, 0.29) is 25.7 Å². The number of unbranched alkanes of at least 4 members (excludes halogenated alkanes) is 1. The number of aromatic amines is 1. The minimum Gasteiger partial charge on any atom is -0.368 e. The molecule has 3 aromatic carbocycles. The summed E-state index contributed by atoms with van der Waals surface area (Å²) in [4.78, 5) is 73.4. The summed E-state index contributed by atoms with van der Waals surface area (Å²) in [6.07, 6.45) is 4.40. The van der Waals surface area contributed by atoms with Gasteiger partial charge in [-0.05, 0) is 86.5 Å². The van der Waals surface area contributed by atoms with Crippen molar-refractivity contribution < 1.29 is 24.0 Å². The molecule has 6 rings (SSSR count). The van der Waals surface area contributed by atoms with Crippen molar-refractivity contribution >= 4 is 61.9 Å². The third kappa shape index (κ3) is 10.9. The summed E-state index contributed by atoms with van der Waals surface area (Å²) in [5.41, 5.74) is 19.1. The van der Waals surface area contributed by atoms with Crippen LogP contribution in [-0.4, -0.2) is 83.9 Å². The third-order valence-corrected chi connectivity index (χ3v) is 11.8. The Kier molecular flexibility index (Phi) is 14.3. The smallest absolute Gasteiger partial charge is 0.243 e. The number of nitrogens with one attached hydrogen (secondary N) is 6. The van der Waals surface area contributed by atoms with Gasteiger partial charge in [-0.25, -0.2) is 0 Å². The quantitative estimate of drug-likeness (QED) is 0.0559. The molecule has 14 nitrogen and oxygen atoms in total. The molecule has 1 aliphatic rings. The molecule has 0 saturated carbocycles. The largest absolute Gasteiger partial charge is 0.368 e. The Morgan fingerprint density at radius 3 is 2.03 bits per heavy atom. The van der Waals surface area contributed by atoms with Gasteiger partial charge in [0.1, 0.15) is 24.2 Å². The highest BCUT2D eigenvalue weighted by Crippen LogP contribution is 2.27. The van der Waals surface area contributed by atoms with E-state index in [1.54, 1.807) is 6.20 Å². The van der Waals surface area contributed by atoms with Gasteiger partial charge in [-0.2, -0.15) is 0 Å². The van der Waals surface area contributed by atoms with Crippen LogP contribution in [0.1, 0.15) is 48.1 Å². The van der Waals surface area contributed by atoms with Crippen molar-refractivity contribution in [2.75, 3.05) is 19.6 Å². The molecule has 0 spiro atoms. The van der Waals surface area contributed by atoms with Gasteiger partial charge in [-0.1, -0.05) is 66.7 Å². The van der Waals surface area contributed by atoms with Crippen molar-refractivity contribution in [3.63, 3.8) is 0 Å². The van der Waals surface area contributed by atoms with Gasteiger partial charge in [0.25, 0.3) is 0 Å². The standard InChI is InChI=1S/C43H53N9O5S/c44-19-9-8-15-33(38(45)53)49-39(54)34(22-27-10-2-1-3-11-27)50-40(55)35(24-29-26-48-32-14-6-5-13-31(29)32)51-41(56)36(52-42(57)43(46)17-20-47-21-18-43)25-30-23-28-12-4-7-16-37(28)58-30/h1-7,10-14,16,23,26,33-36,47-48H,8-9,15,17-22,24-25,44,46H2,(H2,45,53)(H,49,54)(H,50,55)(H,51,56)(H,52,57)/t33-,34-,35+,36+/m0/s1. The molecule has 5 amide bonds. The monoisotopic (exact) mass is 807 g/mol. The van der Waals surface area contributed by atoms with Crippen LogP contribution in [0.25, 0.3) is 21.0 Å². The number of hydrogen-bond acceptors (Lipinski definition) is 9. The van der Waals surface area contributed by atoms with Crippen LogP contribution in [0, 0.1) is 0 Å². The molecule has 1 saturated heterocycles. The molecule has 0 aliphatic carbocycles. The Morgan fingerprint density at radius 2 is 1.34 bits per heavy atom. The summed E-state index contributed by atoms with van der Waals surface area (Å²) >= 11 is 1.52. The number of primary amides is 1. The third-order valence-electron chi connectivity index (χ3n) is 10.7. The number of benzene rings is 3. The van der Waals surface area contributed by atoms with Crippen molar-refractivity contribution in [2.45, 2.75) is 81.1 Å². The Morgan fingerprint density at radius 1 is 0.724 bits per heavy atom. The number of hydrogen-bond donors (Lipinski definition) is 9. The van der Waals surface area contributed by atoms with E-state index in [1.165, 1.54) is 11.3 Å². The molecule has 5 aromatic rings. The van der Waals surface area contributed by atoms with Crippen LogP contribution in [-0.2, 0) is 43.2 Å². The predicted molar refractivity (Wildman–Crippen MR) is 227 cm³/mol. The van der Waals surface area contributed by atoms with Crippen molar-refractivity contribution in [3.8, 4) is 0 Å². The first-order valence-electron chi connectivity index (χ1n) is 19.8. The first kappa shape index (κ1) is 42.0. The number of nitrogens with two attached hydrogens (primary N) is 3. The normalized spacial score (nSPS) is 15.8. The fraction of sp³-hybridized carbons (Fsp3) is 0.372. The fourth-order valence-corrected chi connectivity index (χ4v) is 8.44. The Labute approximate surface area is 341 Å². The van der Waals surface area contributed by atoms with E-state index in [0.29, 0.717) is 45.3 Å². The van der Waals surface area contributed by atoms with Gasteiger partial charge in [0.2, 0.25) is 29.5 Å². The molecule has 12 N–H and O–H groups in total. The first-order valence-corrected chi connectivity index (χ1v) is 20.6. The maximum atomic E-state index is 14.6. The van der Waals surface area contributed by atoms with Gasteiger partial charge in [0.15, 0.2) is 0 Å². The highest BCUT2D eigenvalue weighted by atomic mass is 32.1. The second-order valence-corrected chi connectivity index (χ2v) is 16.2. The average Bonchev–Trinajstić information content (AvgIpc) is 3.83. The molecule has 58 heavy (non-hydrogen) atoms. The molecular formula is C43H53N9O5S. The maximum absolute atomic E-state index is 14.6. The second kappa shape index (κ2) is 19.7. The number of aromatic nitrogens is 1. The molecule has 306 valence electrons. The van der Waals surface area contributed by atoms with E-state index in [2.05, 4.69) is 31.6 Å². The molecular weight excluding hydrogens is 755 g/mol.